The second kappa shape index (κ2) is 6.07. The molecule has 0 aliphatic carbocycles. The third-order valence-electron chi connectivity index (χ3n) is 1.21. The van der Waals surface area contributed by atoms with E-state index >= 15 is 0 Å². The van der Waals surface area contributed by atoms with Gasteiger partial charge in [0.05, 0.1) is 0 Å². The molecule has 0 aliphatic rings. The van der Waals surface area contributed by atoms with Crippen LogP contribution >= 0.6 is 8.69 Å². The molecule has 0 bridgehead atoms. The van der Waals surface area contributed by atoms with Crippen molar-refractivity contribution in [2.45, 2.75) is 6.92 Å². The van der Waals surface area contributed by atoms with Crippen LogP contribution < -0.4 is 4.52 Å². The summed E-state index contributed by atoms with van der Waals surface area (Å²) in [5, 5.41) is 0. The first kappa shape index (κ1) is 11.5. The Kier molecular flexibility index (Phi) is 6.35. The predicted molar refractivity (Wildman–Crippen MR) is 50.7 cm³/mol. The summed E-state index contributed by atoms with van der Waals surface area (Å²) >= 11 is 0. The van der Waals surface area contributed by atoms with Crippen LogP contribution in [0.3, 0.4) is 0 Å². The first-order valence-electron chi connectivity index (χ1n) is 3.00. The molecular formula is C7H11CaO2P. The Hall–Kier alpha value is 0.510. The van der Waals surface area contributed by atoms with E-state index in [0.717, 1.165) is 0 Å². The molecule has 0 heterocycles. The SMILES string of the molecule is Cc1ccc(O[PH2]=O)cc1.[CaH2]. The molecular weight excluding hydrogens is 187 g/mol. The predicted octanol–water partition coefficient (Wildman–Crippen LogP) is 1.13. The Labute approximate surface area is 97.2 Å². The standard InChI is InChI=1S/C7H9O2P.Ca.2H/c1-6-2-4-7(5-3-6)9-10-8;;;/h2-5H,10H2,1H3;;;. The topological polar surface area (TPSA) is 26.3 Å². The zero-order valence-electron chi connectivity index (χ0n) is 5.70. The van der Waals surface area contributed by atoms with E-state index in [0.29, 0.717) is 5.75 Å². The molecule has 0 N–H and O–H groups in total. The molecule has 0 radical (unpaired) electrons. The second-order valence-corrected chi connectivity index (χ2v) is 2.46. The van der Waals surface area contributed by atoms with Crippen LogP contribution in [-0.2, 0) is 4.57 Å². The van der Waals surface area contributed by atoms with Gasteiger partial charge in [-0.05, 0) is 19.1 Å². The van der Waals surface area contributed by atoms with Gasteiger partial charge in [0.25, 0.3) is 0 Å². The molecule has 0 saturated carbocycles. The molecule has 2 nitrogen and oxygen atoms in total. The van der Waals surface area contributed by atoms with Crippen molar-refractivity contribution in [1.29, 1.82) is 0 Å². The molecule has 4 heteroatoms. The summed E-state index contributed by atoms with van der Waals surface area (Å²) in [7, 11) is -1.13. The maximum absolute atomic E-state index is 10.0. The maximum atomic E-state index is 10.0. The second-order valence-electron chi connectivity index (χ2n) is 2.03. The van der Waals surface area contributed by atoms with Gasteiger partial charge in [-0.3, -0.25) is 4.57 Å². The van der Waals surface area contributed by atoms with Crippen LogP contribution in [-0.4, -0.2) is 37.7 Å². The van der Waals surface area contributed by atoms with E-state index in [9.17, 15) is 4.57 Å². The number of hydrogen-bond donors (Lipinski definition) is 0. The van der Waals surface area contributed by atoms with Crippen LogP contribution in [0.1, 0.15) is 5.56 Å². The van der Waals surface area contributed by atoms with Crippen molar-refractivity contribution in [1.82, 2.24) is 0 Å². The van der Waals surface area contributed by atoms with Gasteiger partial charge in [-0.25, -0.2) is 0 Å². The van der Waals surface area contributed by atoms with E-state index in [2.05, 4.69) is 0 Å². The molecule has 1 atom stereocenters. The molecule has 1 aromatic rings. The van der Waals surface area contributed by atoms with Crippen LogP contribution in [0.2, 0.25) is 0 Å². The van der Waals surface area contributed by atoms with Gasteiger partial charge in [0.1, 0.15) is 5.75 Å². The van der Waals surface area contributed by atoms with E-state index in [1.54, 1.807) is 12.1 Å². The molecule has 58 valence electrons. The third-order valence-corrected chi connectivity index (χ3v) is 1.57. The van der Waals surface area contributed by atoms with Crippen molar-refractivity contribution in [2.75, 3.05) is 0 Å². The van der Waals surface area contributed by atoms with E-state index in [-0.39, 0.29) is 37.7 Å². The molecule has 0 aromatic heterocycles. The Morgan fingerprint density at radius 3 is 2.27 bits per heavy atom. The summed E-state index contributed by atoms with van der Waals surface area (Å²) in [5.74, 6) is 0.676. The molecule has 1 unspecified atom stereocenters. The monoisotopic (exact) mass is 198 g/mol. The van der Waals surface area contributed by atoms with E-state index in [4.69, 9.17) is 4.52 Å². The number of aryl methyl sites for hydroxylation is 1. The fourth-order valence-corrected chi connectivity index (χ4v) is 0.941. The molecule has 0 amide bonds. The summed E-state index contributed by atoms with van der Waals surface area (Å²) in [6, 6.07) is 7.45. The zero-order valence-corrected chi connectivity index (χ0v) is 6.86. The minimum atomic E-state index is -1.13. The van der Waals surface area contributed by atoms with Gasteiger partial charge in [0, 0.05) is 0 Å². The van der Waals surface area contributed by atoms with Crippen molar-refractivity contribution in [3.63, 3.8) is 0 Å². The Morgan fingerprint density at radius 1 is 1.27 bits per heavy atom. The van der Waals surface area contributed by atoms with Gasteiger partial charge in [0.15, 0.2) is 0 Å². The van der Waals surface area contributed by atoms with Gasteiger partial charge in [-0.15, -0.1) is 0 Å². The molecule has 11 heavy (non-hydrogen) atoms. The summed E-state index contributed by atoms with van der Waals surface area (Å²) in [5.41, 5.74) is 1.17. The summed E-state index contributed by atoms with van der Waals surface area (Å²) in [6.45, 7) is 1.99. The summed E-state index contributed by atoms with van der Waals surface area (Å²) in [6.07, 6.45) is 0. The third kappa shape index (κ3) is 4.17. The number of rotatable bonds is 2. The average Bonchev–Trinajstić information content (AvgIpc) is 1.95. The Morgan fingerprint density at radius 2 is 1.82 bits per heavy atom. The van der Waals surface area contributed by atoms with E-state index in [1.165, 1.54) is 5.56 Å². The Bertz CT molecular complexity index is 222. The molecule has 1 rings (SSSR count). The fraction of sp³-hybridized carbons (Fsp3) is 0.143. The summed E-state index contributed by atoms with van der Waals surface area (Å²) < 4.78 is 14.8. The number of benzene rings is 1. The van der Waals surface area contributed by atoms with Crippen molar-refractivity contribution in [2.24, 2.45) is 0 Å². The minimum absolute atomic E-state index is 0. The van der Waals surface area contributed by atoms with Crippen LogP contribution in [0.5, 0.6) is 5.75 Å². The van der Waals surface area contributed by atoms with Crippen LogP contribution in [0.15, 0.2) is 24.3 Å². The normalized spacial score (nSPS) is 9.55. The van der Waals surface area contributed by atoms with Gasteiger partial charge < -0.3 is 4.52 Å². The van der Waals surface area contributed by atoms with Crippen LogP contribution in [0.4, 0.5) is 0 Å². The average molecular weight is 198 g/mol. The van der Waals surface area contributed by atoms with E-state index in [1.807, 2.05) is 19.1 Å². The fourth-order valence-electron chi connectivity index (χ4n) is 0.672. The first-order valence-corrected chi connectivity index (χ1v) is 3.94. The van der Waals surface area contributed by atoms with Gasteiger partial charge in [-0.1, -0.05) is 17.7 Å². The van der Waals surface area contributed by atoms with E-state index < -0.39 is 8.69 Å². The van der Waals surface area contributed by atoms with Gasteiger partial charge in [-0.2, -0.15) is 0 Å². The van der Waals surface area contributed by atoms with Crippen molar-refractivity contribution < 1.29 is 9.09 Å². The number of hydrogen-bond acceptors (Lipinski definition) is 2. The molecule has 0 spiro atoms. The summed E-state index contributed by atoms with van der Waals surface area (Å²) in [4.78, 5) is 0. The van der Waals surface area contributed by atoms with Gasteiger partial charge in [0.2, 0.25) is 8.69 Å². The van der Waals surface area contributed by atoms with Crippen molar-refractivity contribution >= 4 is 46.4 Å². The zero-order chi connectivity index (χ0) is 7.40. The van der Waals surface area contributed by atoms with Crippen LogP contribution in [0, 0.1) is 6.92 Å². The molecule has 0 saturated heterocycles. The first-order chi connectivity index (χ1) is 4.83. The molecule has 0 aliphatic heterocycles. The van der Waals surface area contributed by atoms with Crippen LogP contribution in [0.25, 0.3) is 0 Å². The van der Waals surface area contributed by atoms with Crippen molar-refractivity contribution in [3.8, 4) is 5.75 Å². The Balaban J connectivity index is 0.000001000. The molecule has 1 aromatic carbocycles. The van der Waals surface area contributed by atoms with Crippen molar-refractivity contribution in [3.05, 3.63) is 29.8 Å². The van der Waals surface area contributed by atoms with Gasteiger partial charge >= 0.3 is 37.7 Å². The quantitative estimate of drug-likeness (QED) is 0.526. The molecule has 0 fully saturated rings.